The molecule has 7 heteroatoms. The predicted octanol–water partition coefficient (Wildman–Crippen LogP) is 3.83. The lowest BCUT2D eigenvalue weighted by atomic mass is 10.1. The van der Waals surface area contributed by atoms with Gasteiger partial charge in [0.1, 0.15) is 5.75 Å². The molecule has 0 N–H and O–H groups in total. The number of rotatable bonds is 3. The summed E-state index contributed by atoms with van der Waals surface area (Å²) in [6.07, 6.45) is -9.87. The van der Waals surface area contributed by atoms with Crippen LogP contribution in [0.25, 0.3) is 0 Å². The van der Waals surface area contributed by atoms with Crippen molar-refractivity contribution in [3.8, 4) is 11.8 Å². The molecule has 0 bridgehead atoms. The first-order chi connectivity index (χ1) is 8.25. The van der Waals surface area contributed by atoms with Gasteiger partial charge < -0.3 is 4.74 Å². The molecule has 0 saturated heterocycles. The van der Waals surface area contributed by atoms with Gasteiger partial charge in [-0.05, 0) is 25.1 Å². The summed E-state index contributed by atoms with van der Waals surface area (Å²) < 4.78 is 66.4. The van der Waals surface area contributed by atoms with E-state index in [1.807, 2.05) is 0 Å². The Balaban J connectivity index is 3.06. The molecule has 0 fully saturated rings. The standard InChI is InChI=1S/C11H8F5NO/c1-6(11(14,15)16)18-9-3-2-7(5-17)4-8(9)10(12)13/h2-4,6,10H,1H3. The van der Waals surface area contributed by atoms with Gasteiger partial charge in [0.15, 0.2) is 6.10 Å². The van der Waals surface area contributed by atoms with E-state index < -0.39 is 30.0 Å². The Kier molecular flexibility index (Phi) is 4.11. The first-order valence-corrected chi connectivity index (χ1v) is 4.81. The summed E-state index contributed by atoms with van der Waals surface area (Å²) >= 11 is 0. The van der Waals surface area contributed by atoms with Crippen LogP contribution in [-0.4, -0.2) is 12.3 Å². The summed E-state index contributed by atoms with van der Waals surface area (Å²) in [6.45, 7) is 0.716. The first-order valence-electron chi connectivity index (χ1n) is 4.81. The number of nitrogens with zero attached hydrogens (tertiary/aromatic N) is 1. The van der Waals surface area contributed by atoms with Gasteiger partial charge >= 0.3 is 6.18 Å². The second-order valence-electron chi connectivity index (χ2n) is 3.47. The Morgan fingerprint density at radius 2 is 1.89 bits per heavy atom. The highest BCUT2D eigenvalue weighted by Gasteiger charge is 2.38. The third-order valence-electron chi connectivity index (χ3n) is 2.14. The number of ether oxygens (including phenoxy) is 1. The largest absolute Gasteiger partial charge is 0.481 e. The predicted molar refractivity (Wildman–Crippen MR) is 52.3 cm³/mol. The topological polar surface area (TPSA) is 33.0 Å². The van der Waals surface area contributed by atoms with Crippen LogP contribution in [0.15, 0.2) is 18.2 Å². The smallest absolute Gasteiger partial charge is 0.425 e. The third-order valence-corrected chi connectivity index (χ3v) is 2.14. The summed E-state index contributed by atoms with van der Waals surface area (Å²) in [5.41, 5.74) is -0.803. The molecule has 18 heavy (non-hydrogen) atoms. The second-order valence-corrected chi connectivity index (χ2v) is 3.47. The number of alkyl halides is 5. The van der Waals surface area contributed by atoms with Crippen molar-refractivity contribution in [3.05, 3.63) is 29.3 Å². The van der Waals surface area contributed by atoms with Gasteiger partial charge in [-0.3, -0.25) is 0 Å². The molecule has 0 amide bonds. The minimum absolute atomic E-state index is 0.0719. The highest BCUT2D eigenvalue weighted by atomic mass is 19.4. The van der Waals surface area contributed by atoms with Crippen LogP contribution < -0.4 is 4.74 Å². The SMILES string of the molecule is CC(Oc1ccc(C#N)cc1C(F)F)C(F)(F)F. The van der Waals surface area contributed by atoms with Crippen LogP contribution in [0, 0.1) is 11.3 Å². The zero-order valence-electron chi connectivity index (χ0n) is 9.13. The molecule has 0 heterocycles. The second kappa shape index (κ2) is 5.21. The summed E-state index contributed by atoms with van der Waals surface area (Å²) in [5, 5.41) is 8.53. The molecule has 0 aliphatic rings. The minimum atomic E-state index is -4.65. The molecule has 0 aliphatic carbocycles. The van der Waals surface area contributed by atoms with Gasteiger partial charge in [-0.15, -0.1) is 0 Å². The van der Waals surface area contributed by atoms with E-state index in [2.05, 4.69) is 4.74 Å². The van der Waals surface area contributed by atoms with Gasteiger partial charge in [-0.1, -0.05) is 0 Å². The number of nitriles is 1. The van der Waals surface area contributed by atoms with Gasteiger partial charge in [0, 0.05) is 0 Å². The molecule has 1 aromatic rings. The molecule has 2 nitrogen and oxygen atoms in total. The highest BCUT2D eigenvalue weighted by Crippen LogP contribution is 2.33. The van der Waals surface area contributed by atoms with Crippen LogP contribution in [-0.2, 0) is 0 Å². The Labute approximate surface area is 99.6 Å². The maximum Gasteiger partial charge on any atom is 0.425 e. The summed E-state index contributed by atoms with van der Waals surface area (Å²) in [5.74, 6) is -0.575. The zero-order valence-corrected chi connectivity index (χ0v) is 9.13. The Morgan fingerprint density at radius 1 is 1.28 bits per heavy atom. The van der Waals surface area contributed by atoms with Crippen LogP contribution in [0.2, 0.25) is 0 Å². The van der Waals surface area contributed by atoms with Gasteiger partial charge in [0.25, 0.3) is 6.43 Å². The number of hydrogen-bond acceptors (Lipinski definition) is 2. The lowest BCUT2D eigenvalue weighted by Crippen LogP contribution is -2.31. The Morgan fingerprint density at radius 3 is 2.33 bits per heavy atom. The van der Waals surface area contributed by atoms with Crippen molar-refractivity contribution in [2.45, 2.75) is 25.6 Å². The van der Waals surface area contributed by atoms with Crippen LogP contribution in [0.5, 0.6) is 5.75 Å². The molecule has 0 saturated carbocycles. The summed E-state index contributed by atoms with van der Waals surface area (Å²) in [7, 11) is 0. The van der Waals surface area contributed by atoms with Crippen molar-refractivity contribution >= 4 is 0 Å². The quantitative estimate of drug-likeness (QED) is 0.778. The average Bonchev–Trinajstić information content (AvgIpc) is 2.27. The van der Waals surface area contributed by atoms with Crippen LogP contribution in [0.3, 0.4) is 0 Å². The molecule has 1 unspecified atom stereocenters. The maximum atomic E-state index is 12.6. The molecule has 1 rings (SSSR count). The molecule has 0 aromatic heterocycles. The molecular formula is C11H8F5NO. The summed E-state index contributed by atoms with van der Waals surface area (Å²) in [4.78, 5) is 0. The van der Waals surface area contributed by atoms with E-state index in [-0.39, 0.29) is 5.56 Å². The van der Waals surface area contributed by atoms with Crippen molar-refractivity contribution in [3.63, 3.8) is 0 Å². The van der Waals surface area contributed by atoms with E-state index in [1.165, 1.54) is 0 Å². The van der Waals surface area contributed by atoms with Crippen molar-refractivity contribution in [2.75, 3.05) is 0 Å². The molecule has 0 spiro atoms. The molecular weight excluding hydrogens is 257 g/mol. The normalized spacial score (nSPS) is 13.2. The fourth-order valence-corrected chi connectivity index (χ4v) is 1.15. The van der Waals surface area contributed by atoms with Crippen LogP contribution in [0.1, 0.15) is 24.5 Å². The molecule has 0 radical (unpaired) electrons. The van der Waals surface area contributed by atoms with E-state index in [1.54, 1.807) is 6.07 Å². The molecule has 0 aliphatic heterocycles. The van der Waals surface area contributed by atoms with Gasteiger partial charge in [0.05, 0.1) is 17.2 Å². The van der Waals surface area contributed by atoms with Crippen LogP contribution >= 0.6 is 0 Å². The maximum absolute atomic E-state index is 12.6. The van der Waals surface area contributed by atoms with E-state index >= 15 is 0 Å². The minimum Gasteiger partial charge on any atom is -0.481 e. The third kappa shape index (κ3) is 3.32. The fraction of sp³-hybridized carbons (Fsp3) is 0.364. The molecule has 1 atom stereocenters. The van der Waals surface area contributed by atoms with Crippen molar-refractivity contribution in [1.29, 1.82) is 5.26 Å². The number of halogens is 5. The number of hydrogen-bond donors (Lipinski definition) is 0. The zero-order chi connectivity index (χ0) is 13.9. The van der Waals surface area contributed by atoms with E-state index in [0.29, 0.717) is 6.92 Å². The Hall–Kier alpha value is -1.84. The highest BCUT2D eigenvalue weighted by molar-refractivity contribution is 5.42. The van der Waals surface area contributed by atoms with Gasteiger partial charge in [-0.2, -0.15) is 18.4 Å². The van der Waals surface area contributed by atoms with E-state index in [9.17, 15) is 22.0 Å². The Bertz CT molecular complexity index is 463. The van der Waals surface area contributed by atoms with Crippen molar-refractivity contribution in [1.82, 2.24) is 0 Å². The van der Waals surface area contributed by atoms with Gasteiger partial charge in [-0.25, -0.2) is 8.78 Å². The average molecular weight is 265 g/mol. The summed E-state index contributed by atoms with van der Waals surface area (Å²) in [6, 6.07) is 4.48. The van der Waals surface area contributed by atoms with E-state index in [4.69, 9.17) is 5.26 Å². The van der Waals surface area contributed by atoms with Crippen molar-refractivity contribution in [2.24, 2.45) is 0 Å². The van der Waals surface area contributed by atoms with Gasteiger partial charge in [0.2, 0.25) is 0 Å². The first kappa shape index (κ1) is 14.2. The van der Waals surface area contributed by atoms with Crippen molar-refractivity contribution < 1.29 is 26.7 Å². The fourth-order valence-electron chi connectivity index (χ4n) is 1.15. The monoisotopic (exact) mass is 265 g/mol. The molecule has 98 valence electrons. The lowest BCUT2D eigenvalue weighted by molar-refractivity contribution is -0.189. The lowest BCUT2D eigenvalue weighted by Gasteiger charge is -2.19. The number of benzene rings is 1. The van der Waals surface area contributed by atoms with Crippen LogP contribution in [0.4, 0.5) is 22.0 Å². The molecule has 1 aromatic carbocycles. The van der Waals surface area contributed by atoms with E-state index in [0.717, 1.165) is 18.2 Å².